The number of benzene rings is 1. The van der Waals surface area contributed by atoms with Crippen molar-refractivity contribution < 1.29 is 2.82 Å². The average Bonchev–Trinajstić information content (AvgIpc) is 2.30. The second-order valence-electron chi connectivity index (χ2n) is 2.03. The zero-order valence-electron chi connectivity index (χ0n) is 6.91. The van der Waals surface area contributed by atoms with Crippen molar-refractivity contribution in [1.82, 2.24) is 5.42 Å². The molecule has 0 saturated carbocycles. The van der Waals surface area contributed by atoms with Gasteiger partial charge in [0.25, 0.3) is 0 Å². The Morgan fingerprint density at radius 2 is 2.33 bits per heavy atom. The Morgan fingerprint density at radius 3 is 3.22 bits per heavy atom. The van der Waals surface area contributed by atoms with Crippen LogP contribution in [0.15, 0.2) is 24.3 Å². The molecule has 0 radical (unpaired) electrons. The van der Waals surface area contributed by atoms with E-state index in [1.165, 1.54) is 0 Å². The summed E-state index contributed by atoms with van der Waals surface area (Å²) >= 11 is 0. The minimum atomic E-state index is 0.514. The van der Waals surface area contributed by atoms with Crippen LogP contribution in [0.3, 0.4) is 0 Å². The summed E-state index contributed by atoms with van der Waals surface area (Å²) in [6.07, 6.45) is 0. The van der Waals surface area contributed by atoms with E-state index >= 15 is 0 Å². The van der Waals surface area contributed by atoms with Gasteiger partial charge in [-0.15, -0.1) is 0 Å². The molecule has 0 unspecified atom stereocenters. The number of para-hydroxylation sites is 1. The molecule has 2 N–H and O–H groups in total. The van der Waals surface area contributed by atoms with Gasteiger partial charge in [0.15, 0.2) is 1.41 Å². The third kappa shape index (κ3) is 0.678. The number of hydrazine groups is 1. The fourth-order valence-corrected chi connectivity index (χ4v) is 0.930. The van der Waals surface area contributed by atoms with Crippen LogP contribution >= 0.6 is 0 Å². The first-order valence-electron chi connectivity index (χ1n) is 3.82. The Balaban J connectivity index is 2.47. The summed E-state index contributed by atoms with van der Waals surface area (Å²) in [6, 6.07) is 7.58. The summed E-state index contributed by atoms with van der Waals surface area (Å²) in [6.45, 7) is 0.514. The first-order chi connectivity index (χ1) is 5.29. The van der Waals surface area contributed by atoms with E-state index in [2.05, 4.69) is 0 Å². The summed E-state index contributed by atoms with van der Waals surface area (Å²) in [5, 5.41) is 0. The maximum atomic E-state index is 7.39. The molecule has 2 nitrogen and oxygen atoms in total. The van der Waals surface area contributed by atoms with Crippen molar-refractivity contribution in [2.75, 3.05) is 5.42 Å². The molecule has 46 valence electrons. The van der Waals surface area contributed by atoms with Crippen molar-refractivity contribution in [2.24, 2.45) is 0 Å². The molecule has 0 atom stereocenters. The van der Waals surface area contributed by atoms with Crippen molar-refractivity contribution in [1.29, 1.82) is 0 Å². The van der Waals surface area contributed by atoms with Gasteiger partial charge >= 0.3 is 0 Å². The van der Waals surface area contributed by atoms with Gasteiger partial charge in [0, 0.05) is 6.54 Å². The fraction of sp³-hybridized carbons (Fsp3) is 0.143. The molecule has 0 spiro atoms. The summed E-state index contributed by atoms with van der Waals surface area (Å²) in [4.78, 5) is 0. The predicted molar refractivity (Wildman–Crippen MR) is 36.9 cm³/mol. The third-order valence-electron chi connectivity index (χ3n) is 1.41. The Labute approximate surface area is 56.8 Å². The van der Waals surface area contributed by atoms with E-state index in [1.807, 2.05) is 24.3 Å². The zero-order valence-corrected chi connectivity index (χ0v) is 4.91. The zero-order chi connectivity index (χ0) is 7.84. The van der Waals surface area contributed by atoms with Gasteiger partial charge in [0.05, 0.1) is 5.69 Å². The lowest BCUT2D eigenvalue weighted by molar-refractivity contribution is 0.860. The molecule has 1 aromatic carbocycles. The highest BCUT2D eigenvalue weighted by molar-refractivity contribution is 5.53. The third-order valence-corrected chi connectivity index (χ3v) is 1.41. The number of hydrogen-bond donors (Lipinski definition) is 2. The lowest BCUT2D eigenvalue weighted by Crippen LogP contribution is -2.10. The van der Waals surface area contributed by atoms with Gasteiger partial charge in [-0.3, -0.25) is 0 Å². The molecule has 0 amide bonds. The Kier molecular flexibility index (Phi) is 0.623. The molecule has 1 aliphatic heterocycles. The van der Waals surface area contributed by atoms with Gasteiger partial charge < -0.3 is 5.42 Å². The summed E-state index contributed by atoms with van der Waals surface area (Å²) in [7, 11) is 0. The monoisotopic (exact) mass is 122 g/mol. The average molecular weight is 122 g/mol. The minimum Gasteiger partial charge on any atom is -0.321 e. The molecule has 0 saturated heterocycles. The van der Waals surface area contributed by atoms with E-state index in [-0.39, 0.29) is 0 Å². The standard InChI is InChI=1S/C7H8N2/c1-2-4-7-6(3-1)5-8-9-7/h1-4,8-9H,5H2/i/hD2. The summed E-state index contributed by atoms with van der Waals surface area (Å²) < 4.78 is 14.7. The Bertz CT molecular complexity index is 277. The van der Waals surface area contributed by atoms with Crippen LogP contribution in [0, 0.1) is 0 Å². The SMILES string of the molecule is [2H]N1Cc2ccccc2N1[2H]. The number of fused-ring (bicyclic) bond motifs is 1. The van der Waals surface area contributed by atoms with Crippen molar-refractivity contribution in [3.63, 3.8) is 0 Å². The van der Waals surface area contributed by atoms with Crippen LogP contribution in [0.25, 0.3) is 0 Å². The lowest BCUT2D eigenvalue weighted by Gasteiger charge is -1.93. The number of anilines is 1. The Morgan fingerprint density at radius 1 is 1.44 bits per heavy atom. The van der Waals surface area contributed by atoms with Crippen molar-refractivity contribution in [2.45, 2.75) is 6.54 Å². The van der Waals surface area contributed by atoms with Crippen molar-refractivity contribution in [3.8, 4) is 0 Å². The quantitative estimate of drug-likeness (QED) is 0.538. The highest BCUT2D eigenvalue weighted by Gasteiger charge is 2.05. The van der Waals surface area contributed by atoms with E-state index in [0.29, 0.717) is 6.54 Å². The van der Waals surface area contributed by atoms with Crippen LogP contribution in [-0.4, -0.2) is 0 Å². The van der Waals surface area contributed by atoms with Gasteiger partial charge in [0.2, 0.25) is 0 Å². The van der Waals surface area contributed by atoms with E-state index in [0.717, 1.165) is 22.1 Å². The highest BCUT2D eigenvalue weighted by Crippen LogP contribution is 2.17. The minimum absolute atomic E-state index is 0.514. The van der Waals surface area contributed by atoms with Gasteiger partial charge in [-0.25, -0.2) is 5.42 Å². The van der Waals surface area contributed by atoms with Gasteiger partial charge in [-0.2, -0.15) is 0 Å². The molecule has 1 aromatic rings. The second kappa shape index (κ2) is 1.74. The summed E-state index contributed by atoms with van der Waals surface area (Å²) in [5.41, 5.74) is 4.06. The topological polar surface area (TPSA) is 24.1 Å². The molecule has 0 aliphatic carbocycles. The predicted octanol–water partition coefficient (Wildman–Crippen LogP) is 1.12. The normalized spacial score (nSPS) is 21.1. The van der Waals surface area contributed by atoms with Crippen molar-refractivity contribution in [3.05, 3.63) is 29.8 Å². The van der Waals surface area contributed by atoms with E-state index in [1.54, 1.807) is 0 Å². The van der Waals surface area contributed by atoms with Gasteiger partial charge in [0.1, 0.15) is 1.41 Å². The van der Waals surface area contributed by atoms with Gasteiger partial charge in [-0.05, 0) is 11.6 Å². The first-order valence-corrected chi connectivity index (χ1v) is 2.92. The number of hydrogen-bond acceptors (Lipinski definition) is 2. The largest absolute Gasteiger partial charge is 0.321 e. The molecule has 0 bridgehead atoms. The van der Waals surface area contributed by atoms with Crippen LogP contribution in [0.1, 0.15) is 5.56 Å². The van der Waals surface area contributed by atoms with Crippen molar-refractivity contribution >= 4 is 5.69 Å². The van der Waals surface area contributed by atoms with Crippen LogP contribution in [0.2, 0.25) is 2.82 Å². The maximum absolute atomic E-state index is 7.39. The molecule has 1 heterocycles. The molecule has 0 fully saturated rings. The van der Waals surface area contributed by atoms with Crippen LogP contribution < -0.4 is 10.8 Å². The van der Waals surface area contributed by atoms with Crippen LogP contribution in [-0.2, 0) is 6.54 Å². The van der Waals surface area contributed by atoms with E-state index < -0.39 is 0 Å². The van der Waals surface area contributed by atoms with E-state index in [4.69, 9.17) is 2.82 Å². The molecule has 1 aliphatic rings. The molecule has 9 heavy (non-hydrogen) atoms. The molecule has 2 rings (SSSR count). The highest BCUT2D eigenvalue weighted by atomic mass is 15.4. The summed E-state index contributed by atoms with van der Waals surface area (Å²) in [5.74, 6) is 0. The number of rotatable bonds is 0. The maximum Gasteiger partial charge on any atom is 0.181 e. The fourth-order valence-electron chi connectivity index (χ4n) is 0.930. The van der Waals surface area contributed by atoms with Crippen LogP contribution in [0.5, 0.6) is 0 Å². The smallest absolute Gasteiger partial charge is 0.181 e. The molecule has 2 heteroatoms. The number of nitrogens with one attached hydrogen (secondary N) is 2. The second-order valence-corrected chi connectivity index (χ2v) is 2.03. The van der Waals surface area contributed by atoms with Crippen LogP contribution in [0.4, 0.5) is 5.69 Å². The Hall–Kier alpha value is -1.02. The lowest BCUT2D eigenvalue weighted by atomic mass is 10.2. The molecular formula is C7H8N2. The molecule has 0 aromatic heterocycles. The van der Waals surface area contributed by atoms with E-state index in [9.17, 15) is 0 Å². The van der Waals surface area contributed by atoms with Gasteiger partial charge in [-0.1, -0.05) is 18.2 Å². The molecular weight excluding hydrogens is 112 g/mol. The first kappa shape index (κ1) is 3.22.